The van der Waals surface area contributed by atoms with Gasteiger partial charge in [0, 0.05) is 48.7 Å². The van der Waals surface area contributed by atoms with Crippen molar-refractivity contribution in [1.82, 2.24) is 43.4 Å². The van der Waals surface area contributed by atoms with Gasteiger partial charge in [0.05, 0.1) is 22.3 Å². The molecule has 0 saturated carbocycles. The zero-order chi connectivity index (χ0) is 57.4. The number of rotatable bonds is 32. The number of nitrogens with one attached hydrogen (secondary N) is 8. The van der Waals surface area contributed by atoms with Crippen molar-refractivity contribution in [1.29, 1.82) is 0 Å². The second kappa shape index (κ2) is 35.9. The average molecular weight is 1130 g/mol. The number of carbonyl (C=O) groups is 8. The van der Waals surface area contributed by atoms with E-state index >= 15 is 0 Å². The molecule has 8 amide bonds. The van der Waals surface area contributed by atoms with Crippen LogP contribution >= 0.6 is 23.5 Å². The average Bonchev–Trinajstić information content (AvgIpc) is 3.45. The Labute approximate surface area is 470 Å². The Hall–Kier alpha value is -7.46. The topological polar surface area (TPSA) is 314 Å². The summed E-state index contributed by atoms with van der Waals surface area (Å²) in [5.74, 6) is -4.74. The summed E-state index contributed by atoms with van der Waals surface area (Å²) in [5.41, 5.74) is 21.2. The molecule has 4 aromatic carbocycles. The van der Waals surface area contributed by atoms with Crippen LogP contribution in [0.2, 0.25) is 0 Å². The first kappa shape index (κ1) is 64.1. The molecule has 20 nitrogen and oxygen atoms in total. The molecule has 0 radical (unpaired) electrons. The van der Waals surface area contributed by atoms with Crippen LogP contribution < -0.4 is 43.4 Å². The largest absolute Gasteiger partial charge is 0.507 e. The molecule has 0 atom stereocenters. The standard InChI is InChI=1S/C57H76N8O12S2/c1-3-5-7-9-11-13-15-38-17-21-46(66)42(34-38)54(74)62-58-50(70)25-29-78-31-27-52(72)60-64-56(76)44-36-40(19-23-48(44)68)33-41-20-24-49(69)45(37-41)57(77)65-61-53(73)28-32-79-30-26-51(71)59-63-55(75)43-35-39(18-22-47(43)67)16-14-12-10-8-6-4-2/h17-24,34-37,66-69H,3-16,25-33H2,1-2H3,(H,58,70)(H,59,71)(H,60,72)(H,61,73)(H,62,74)(H,63,75)(H,64,76)(H,65,77). The zero-order valence-electron chi connectivity index (χ0n) is 45.1. The molecular weight excluding hydrogens is 1050 g/mol. The Kier molecular flexibility index (Phi) is 29.1. The van der Waals surface area contributed by atoms with Gasteiger partial charge in [0.15, 0.2) is 0 Å². The van der Waals surface area contributed by atoms with Gasteiger partial charge in [-0.3, -0.25) is 81.8 Å². The Balaban J connectivity index is 1.09. The van der Waals surface area contributed by atoms with Crippen LogP contribution in [0, 0.1) is 0 Å². The lowest BCUT2D eigenvalue weighted by atomic mass is 10.00. The van der Waals surface area contributed by atoms with Gasteiger partial charge >= 0.3 is 0 Å². The maximum absolute atomic E-state index is 13.0. The maximum Gasteiger partial charge on any atom is 0.273 e. The maximum atomic E-state index is 13.0. The van der Waals surface area contributed by atoms with E-state index in [0.29, 0.717) is 34.1 Å². The number of hydrogen-bond donors (Lipinski definition) is 12. The smallest absolute Gasteiger partial charge is 0.273 e. The van der Waals surface area contributed by atoms with Crippen LogP contribution in [0.25, 0.3) is 0 Å². The fourth-order valence-electron chi connectivity index (χ4n) is 7.93. The summed E-state index contributed by atoms with van der Waals surface area (Å²) < 4.78 is 0. The van der Waals surface area contributed by atoms with Gasteiger partial charge < -0.3 is 20.4 Å². The van der Waals surface area contributed by atoms with Crippen molar-refractivity contribution in [2.24, 2.45) is 0 Å². The van der Waals surface area contributed by atoms with E-state index in [4.69, 9.17) is 0 Å². The molecular formula is C57H76N8O12S2. The van der Waals surface area contributed by atoms with E-state index in [1.807, 2.05) is 0 Å². The molecule has 0 aromatic heterocycles. The molecule has 79 heavy (non-hydrogen) atoms. The molecule has 4 aromatic rings. The number of benzene rings is 4. The SMILES string of the molecule is CCCCCCCCc1ccc(O)c(C(=O)NNC(=O)CCSCCC(=O)NNC(=O)c2cc(Cc3ccc(O)c(C(=O)NNC(=O)CCSCCC(=O)NNC(=O)c4cc(CCCCCCCC)ccc4O)c3)ccc2O)c1. The molecule has 0 spiro atoms. The fourth-order valence-corrected chi connectivity index (χ4v) is 9.66. The highest BCUT2D eigenvalue weighted by molar-refractivity contribution is 7.99. The second-order valence-electron chi connectivity index (χ2n) is 18.9. The van der Waals surface area contributed by atoms with Gasteiger partial charge in [-0.2, -0.15) is 23.5 Å². The minimum Gasteiger partial charge on any atom is -0.507 e. The molecule has 22 heteroatoms. The molecule has 428 valence electrons. The highest BCUT2D eigenvalue weighted by Gasteiger charge is 2.18. The molecule has 0 bridgehead atoms. The molecule has 4 rings (SSSR count). The monoisotopic (exact) mass is 1130 g/mol. The van der Waals surface area contributed by atoms with Gasteiger partial charge in [0.25, 0.3) is 23.6 Å². The van der Waals surface area contributed by atoms with Gasteiger partial charge in [-0.15, -0.1) is 0 Å². The first-order chi connectivity index (χ1) is 38.1. The minimum atomic E-state index is -0.804. The van der Waals surface area contributed by atoms with E-state index in [-0.39, 0.29) is 77.4 Å². The highest BCUT2D eigenvalue weighted by atomic mass is 32.2. The molecule has 0 saturated heterocycles. The number of hydrogen-bond acceptors (Lipinski definition) is 14. The third-order valence-electron chi connectivity index (χ3n) is 12.4. The number of carbonyl (C=O) groups excluding carboxylic acids is 8. The van der Waals surface area contributed by atoms with Crippen LogP contribution in [0.1, 0.15) is 180 Å². The van der Waals surface area contributed by atoms with Crippen molar-refractivity contribution in [3.63, 3.8) is 0 Å². The fraction of sp³-hybridized carbons (Fsp3) is 0.439. The predicted octanol–water partition coefficient (Wildman–Crippen LogP) is 7.38. The van der Waals surface area contributed by atoms with Crippen molar-refractivity contribution in [2.75, 3.05) is 23.0 Å². The first-order valence-electron chi connectivity index (χ1n) is 26.9. The number of thioether (sulfide) groups is 2. The van der Waals surface area contributed by atoms with E-state index < -0.39 is 47.3 Å². The van der Waals surface area contributed by atoms with Gasteiger partial charge in [0.2, 0.25) is 23.6 Å². The van der Waals surface area contributed by atoms with Crippen LogP contribution in [0.5, 0.6) is 23.0 Å². The summed E-state index contributed by atoms with van der Waals surface area (Å²) in [6.45, 7) is 4.34. The summed E-state index contributed by atoms with van der Waals surface area (Å²) in [6, 6.07) is 18.2. The van der Waals surface area contributed by atoms with Crippen LogP contribution in [0.3, 0.4) is 0 Å². The summed E-state index contributed by atoms with van der Waals surface area (Å²) in [7, 11) is 0. The third-order valence-corrected chi connectivity index (χ3v) is 14.4. The van der Waals surface area contributed by atoms with Crippen molar-refractivity contribution in [3.05, 3.63) is 117 Å². The number of amides is 8. The molecule has 12 N–H and O–H groups in total. The van der Waals surface area contributed by atoms with Gasteiger partial charge in [0.1, 0.15) is 23.0 Å². The van der Waals surface area contributed by atoms with Crippen LogP contribution in [-0.4, -0.2) is 90.7 Å². The molecule has 0 unspecified atom stereocenters. The molecule has 0 aliphatic carbocycles. The lowest BCUT2D eigenvalue weighted by molar-refractivity contribution is -0.122. The normalized spacial score (nSPS) is 10.8. The van der Waals surface area contributed by atoms with Crippen molar-refractivity contribution in [2.45, 2.75) is 136 Å². The second-order valence-corrected chi connectivity index (χ2v) is 21.3. The van der Waals surface area contributed by atoms with E-state index in [0.717, 1.165) is 62.5 Å². The summed E-state index contributed by atoms with van der Waals surface area (Å²) >= 11 is 2.60. The van der Waals surface area contributed by atoms with Gasteiger partial charge in [-0.1, -0.05) is 102 Å². The Morgan fingerprint density at radius 1 is 0.342 bits per heavy atom. The minimum absolute atomic E-state index is 0.0144. The van der Waals surface area contributed by atoms with Gasteiger partial charge in [-0.25, -0.2) is 0 Å². The van der Waals surface area contributed by atoms with Crippen LogP contribution in [0.15, 0.2) is 72.8 Å². The Morgan fingerprint density at radius 3 is 0.886 bits per heavy atom. The number of hydrazine groups is 4. The summed E-state index contributed by atoms with van der Waals surface area (Å²) in [4.78, 5) is 101. The molecule has 0 fully saturated rings. The highest BCUT2D eigenvalue weighted by Crippen LogP contribution is 2.25. The van der Waals surface area contributed by atoms with E-state index in [1.54, 1.807) is 36.4 Å². The number of phenols is 4. The van der Waals surface area contributed by atoms with Crippen LogP contribution in [-0.2, 0) is 38.4 Å². The lowest BCUT2D eigenvalue weighted by Gasteiger charge is -2.12. The quantitative estimate of drug-likeness (QED) is 0.0168. The number of aryl methyl sites for hydroxylation is 2. The van der Waals surface area contributed by atoms with E-state index in [2.05, 4.69) is 57.3 Å². The summed E-state index contributed by atoms with van der Waals surface area (Å²) in [6.07, 6.45) is 15.3. The van der Waals surface area contributed by atoms with E-state index in [9.17, 15) is 58.8 Å². The molecule has 0 aliphatic heterocycles. The first-order valence-corrected chi connectivity index (χ1v) is 29.2. The lowest BCUT2D eigenvalue weighted by Crippen LogP contribution is -2.42. The molecule has 0 aliphatic rings. The van der Waals surface area contributed by atoms with E-state index in [1.165, 1.54) is 98.4 Å². The Bertz CT molecular complexity index is 2510. The summed E-state index contributed by atoms with van der Waals surface area (Å²) in [5, 5.41) is 41.4. The molecule has 0 heterocycles. The zero-order valence-corrected chi connectivity index (χ0v) is 46.7. The number of unbranched alkanes of at least 4 members (excludes halogenated alkanes) is 10. The van der Waals surface area contributed by atoms with Crippen molar-refractivity contribution >= 4 is 70.8 Å². The Morgan fingerprint density at radius 2 is 0.595 bits per heavy atom. The van der Waals surface area contributed by atoms with Crippen LogP contribution in [0.4, 0.5) is 0 Å². The van der Waals surface area contributed by atoms with Gasteiger partial charge in [-0.05, 0) is 103 Å². The third kappa shape index (κ3) is 24.4. The number of phenolic OH excluding ortho intramolecular Hbond substituents is 4. The number of aromatic hydroxyl groups is 4. The van der Waals surface area contributed by atoms with Crippen molar-refractivity contribution < 1.29 is 58.8 Å². The predicted molar refractivity (Wildman–Crippen MR) is 305 cm³/mol. The van der Waals surface area contributed by atoms with Crippen molar-refractivity contribution in [3.8, 4) is 23.0 Å².